The molecular weight excluding hydrogens is 362 g/mol. The number of anilines is 1. The maximum absolute atomic E-state index is 13.0. The first-order valence-electron chi connectivity index (χ1n) is 8.98. The summed E-state index contributed by atoms with van der Waals surface area (Å²) in [4.78, 5) is 25.0. The minimum absolute atomic E-state index is 0.353. The summed E-state index contributed by atoms with van der Waals surface area (Å²) in [6.45, 7) is 1.85. The highest BCUT2D eigenvalue weighted by Gasteiger charge is 2.68. The number of nitrogens with zero attached hydrogens (tertiary/aromatic N) is 1. The Hall–Kier alpha value is -3.13. The Balaban J connectivity index is 1.92. The number of fused-ring (bicyclic) bond motifs is 2. The van der Waals surface area contributed by atoms with Crippen LogP contribution >= 0.6 is 0 Å². The van der Waals surface area contributed by atoms with Crippen LogP contribution in [0, 0.1) is 10.1 Å². The smallest absolute Gasteiger partial charge is 0.256 e. The molecule has 2 aliphatic rings. The fraction of sp³-hybridized carbons (Fsp3) is 0.350. The molecule has 8 nitrogen and oxygen atoms in total. The minimum Gasteiger partial charge on any atom is -0.497 e. The Morgan fingerprint density at radius 3 is 2.57 bits per heavy atom. The van der Waals surface area contributed by atoms with Gasteiger partial charge in [0.25, 0.3) is 11.9 Å². The highest BCUT2D eigenvalue weighted by atomic mass is 16.6. The Kier molecular flexibility index (Phi) is 4.23. The standard InChI is InChI=1S/C20H21N3O5/c1-11-17(13-10-12(27-2)8-9-16(13)28-3)18(23(25)26)20(22-11)14-6-4-5-7-15(14)21-19(20)24/h4-11,17-18,22H,1-3H3,(H,21,24)/t11-,17-,18-,20-/m0/s1. The molecule has 2 aromatic rings. The summed E-state index contributed by atoms with van der Waals surface area (Å²) in [5, 5.41) is 18.4. The zero-order chi connectivity index (χ0) is 20.1. The van der Waals surface area contributed by atoms with Crippen LogP contribution in [0.4, 0.5) is 5.69 Å². The van der Waals surface area contributed by atoms with Crippen LogP contribution in [-0.2, 0) is 10.3 Å². The predicted molar refractivity (Wildman–Crippen MR) is 102 cm³/mol. The predicted octanol–water partition coefficient (Wildman–Crippen LogP) is 2.27. The Morgan fingerprint density at radius 2 is 1.89 bits per heavy atom. The normalized spacial score (nSPS) is 28.1. The second-order valence-electron chi connectivity index (χ2n) is 7.10. The SMILES string of the molecule is COc1ccc(OC)c([C@@H]2[C@H](C)N[C@]3(C(=O)Nc4ccccc43)[C@H]2[N+](=O)[O-])c1. The van der Waals surface area contributed by atoms with Crippen molar-refractivity contribution in [2.75, 3.05) is 19.5 Å². The number of hydrogen-bond donors (Lipinski definition) is 2. The van der Waals surface area contributed by atoms with Crippen LogP contribution in [0.15, 0.2) is 42.5 Å². The zero-order valence-electron chi connectivity index (χ0n) is 15.8. The van der Waals surface area contributed by atoms with E-state index < -0.39 is 23.4 Å². The highest BCUT2D eigenvalue weighted by Crippen LogP contribution is 2.51. The van der Waals surface area contributed by atoms with E-state index in [2.05, 4.69) is 10.6 Å². The molecule has 4 rings (SSSR count). The van der Waals surface area contributed by atoms with E-state index in [-0.39, 0.29) is 11.0 Å². The van der Waals surface area contributed by atoms with Gasteiger partial charge in [0.15, 0.2) is 5.54 Å². The molecule has 28 heavy (non-hydrogen) atoms. The van der Waals surface area contributed by atoms with Crippen molar-refractivity contribution >= 4 is 11.6 Å². The van der Waals surface area contributed by atoms with E-state index >= 15 is 0 Å². The van der Waals surface area contributed by atoms with Crippen molar-refractivity contribution in [1.82, 2.24) is 5.32 Å². The number of carbonyl (C=O) groups is 1. The van der Waals surface area contributed by atoms with Crippen LogP contribution in [0.5, 0.6) is 11.5 Å². The molecule has 0 unspecified atom stereocenters. The number of hydrogen-bond acceptors (Lipinski definition) is 6. The van der Waals surface area contributed by atoms with Crippen molar-refractivity contribution < 1.29 is 19.2 Å². The lowest BCUT2D eigenvalue weighted by atomic mass is 9.78. The van der Waals surface area contributed by atoms with Crippen molar-refractivity contribution in [3.8, 4) is 11.5 Å². The van der Waals surface area contributed by atoms with Gasteiger partial charge in [0.2, 0.25) is 0 Å². The number of benzene rings is 2. The Bertz CT molecular complexity index is 963. The van der Waals surface area contributed by atoms with Gasteiger partial charge in [0.05, 0.1) is 20.1 Å². The van der Waals surface area contributed by atoms with E-state index in [1.807, 2.05) is 6.92 Å². The lowest BCUT2D eigenvalue weighted by molar-refractivity contribution is -0.532. The van der Waals surface area contributed by atoms with Crippen molar-refractivity contribution in [3.63, 3.8) is 0 Å². The molecule has 2 heterocycles. The molecule has 2 aromatic carbocycles. The van der Waals surface area contributed by atoms with Crippen molar-refractivity contribution in [3.05, 3.63) is 63.7 Å². The first-order chi connectivity index (χ1) is 13.4. The number of nitrogens with one attached hydrogen (secondary N) is 2. The average Bonchev–Trinajstić information content (AvgIpc) is 3.15. The number of ether oxygens (including phenoxy) is 2. The second kappa shape index (κ2) is 6.49. The number of para-hydroxylation sites is 1. The molecule has 0 bridgehead atoms. The molecule has 2 aliphatic heterocycles. The fourth-order valence-corrected chi connectivity index (χ4v) is 4.62. The minimum atomic E-state index is -1.45. The number of amides is 1. The van der Waals surface area contributed by atoms with E-state index in [4.69, 9.17) is 9.47 Å². The first kappa shape index (κ1) is 18.2. The van der Waals surface area contributed by atoms with E-state index in [1.54, 1.807) is 42.5 Å². The maximum atomic E-state index is 13.0. The number of nitro groups is 1. The van der Waals surface area contributed by atoms with Crippen molar-refractivity contribution in [2.24, 2.45) is 0 Å². The van der Waals surface area contributed by atoms with Gasteiger partial charge >= 0.3 is 0 Å². The van der Waals surface area contributed by atoms with Crippen LogP contribution in [0.3, 0.4) is 0 Å². The van der Waals surface area contributed by atoms with Crippen molar-refractivity contribution in [1.29, 1.82) is 0 Å². The van der Waals surface area contributed by atoms with E-state index in [0.29, 0.717) is 28.3 Å². The van der Waals surface area contributed by atoms with Gasteiger partial charge in [-0.25, -0.2) is 0 Å². The molecule has 0 aromatic heterocycles. The molecule has 1 amide bonds. The fourth-order valence-electron chi connectivity index (χ4n) is 4.62. The summed E-state index contributed by atoms with van der Waals surface area (Å²) >= 11 is 0. The Morgan fingerprint density at radius 1 is 1.14 bits per heavy atom. The molecule has 4 atom stereocenters. The topological polar surface area (TPSA) is 103 Å². The van der Waals surface area contributed by atoms with Gasteiger partial charge in [-0.2, -0.15) is 0 Å². The van der Waals surface area contributed by atoms with E-state index in [0.717, 1.165) is 0 Å². The maximum Gasteiger partial charge on any atom is 0.256 e. The molecule has 146 valence electrons. The lowest BCUT2D eigenvalue weighted by Gasteiger charge is -2.26. The summed E-state index contributed by atoms with van der Waals surface area (Å²) in [5.74, 6) is 0.0842. The van der Waals surface area contributed by atoms with Gasteiger partial charge < -0.3 is 14.8 Å². The average molecular weight is 383 g/mol. The molecule has 1 spiro atoms. The molecule has 0 radical (unpaired) electrons. The number of carbonyl (C=O) groups excluding carboxylic acids is 1. The number of methoxy groups -OCH3 is 2. The quantitative estimate of drug-likeness (QED) is 0.620. The molecule has 1 saturated heterocycles. The van der Waals surface area contributed by atoms with Gasteiger partial charge in [-0.1, -0.05) is 18.2 Å². The monoisotopic (exact) mass is 383 g/mol. The third-order valence-electron chi connectivity index (χ3n) is 5.76. The molecule has 0 aliphatic carbocycles. The van der Waals surface area contributed by atoms with Gasteiger partial charge in [0, 0.05) is 27.8 Å². The summed E-state index contributed by atoms with van der Waals surface area (Å²) in [6.07, 6.45) is 0. The largest absolute Gasteiger partial charge is 0.497 e. The van der Waals surface area contributed by atoms with Crippen molar-refractivity contribution in [2.45, 2.75) is 30.5 Å². The number of rotatable bonds is 4. The lowest BCUT2D eigenvalue weighted by Crippen LogP contribution is -2.54. The summed E-state index contributed by atoms with van der Waals surface area (Å²) in [5.41, 5.74) is 0.381. The van der Waals surface area contributed by atoms with Crippen LogP contribution in [0.25, 0.3) is 0 Å². The van der Waals surface area contributed by atoms with Gasteiger partial charge in [0.1, 0.15) is 11.5 Å². The van der Waals surface area contributed by atoms with Gasteiger partial charge in [-0.05, 0) is 31.2 Å². The second-order valence-corrected chi connectivity index (χ2v) is 7.10. The molecule has 2 N–H and O–H groups in total. The summed E-state index contributed by atoms with van der Waals surface area (Å²) in [6, 6.07) is 10.7. The van der Waals surface area contributed by atoms with Gasteiger partial charge in [-0.15, -0.1) is 0 Å². The van der Waals surface area contributed by atoms with Crippen LogP contribution in [0.2, 0.25) is 0 Å². The highest BCUT2D eigenvalue weighted by molar-refractivity contribution is 6.07. The first-order valence-corrected chi connectivity index (χ1v) is 8.98. The molecule has 8 heteroatoms. The molecular formula is C20H21N3O5. The summed E-state index contributed by atoms with van der Waals surface area (Å²) in [7, 11) is 3.06. The summed E-state index contributed by atoms with van der Waals surface area (Å²) < 4.78 is 10.8. The molecule has 1 fully saturated rings. The zero-order valence-corrected chi connectivity index (χ0v) is 15.8. The van der Waals surface area contributed by atoms with Crippen LogP contribution in [0.1, 0.15) is 24.0 Å². The Labute approximate surface area is 162 Å². The van der Waals surface area contributed by atoms with E-state index in [1.165, 1.54) is 14.2 Å². The van der Waals surface area contributed by atoms with Crippen LogP contribution < -0.4 is 20.1 Å². The van der Waals surface area contributed by atoms with Gasteiger partial charge in [-0.3, -0.25) is 20.2 Å². The van der Waals surface area contributed by atoms with Crippen LogP contribution in [-0.4, -0.2) is 37.1 Å². The van der Waals surface area contributed by atoms with E-state index in [9.17, 15) is 14.9 Å². The third-order valence-corrected chi connectivity index (χ3v) is 5.76. The third kappa shape index (κ3) is 2.37. The molecule has 0 saturated carbocycles.